The van der Waals surface area contributed by atoms with Crippen molar-refractivity contribution in [1.29, 1.82) is 0 Å². The Morgan fingerprint density at radius 2 is 1.66 bits per heavy atom. The predicted molar refractivity (Wildman–Crippen MR) is 149 cm³/mol. The Hall–Kier alpha value is -1.90. The zero-order chi connectivity index (χ0) is 24.9. The van der Waals surface area contributed by atoms with Gasteiger partial charge in [0.25, 0.3) is 0 Å². The highest BCUT2D eigenvalue weighted by Gasteiger charge is 2.24. The molecule has 1 heterocycles. The summed E-state index contributed by atoms with van der Waals surface area (Å²) in [6.45, 7) is 10.3. The normalized spacial score (nSPS) is 18.5. The molecule has 0 bridgehead atoms. The first-order valence-corrected chi connectivity index (χ1v) is 14.6. The minimum atomic E-state index is 0.501. The highest BCUT2D eigenvalue weighted by Crippen LogP contribution is 2.41. The van der Waals surface area contributed by atoms with E-state index in [1.165, 1.54) is 94.6 Å². The van der Waals surface area contributed by atoms with Crippen LogP contribution in [0.15, 0.2) is 36.8 Å². The van der Waals surface area contributed by atoms with Gasteiger partial charge in [0.15, 0.2) is 0 Å². The Kier molecular flexibility index (Phi) is 11.6. The lowest BCUT2D eigenvalue weighted by Gasteiger charge is -2.30. The lowest BCUT2D eigenvalue weighted by Crippen LogP contribution is -2.14. The molecular weight excluding hydrogens is 428 g/mol. The van der Waals surface area contributed by atoms with Crippen molar-refractivity contribution < 1.29 is 4.74 Å². The van der Waals surface area contributed by atoms with E-state index in [1.54, 1.807) is 6.33 Å². The third-order valence-electron chi connectivity index (χ3n) is 8.09. The van der Waals surface area contributed by atoms with Crippen molar-refractivity contribution in [1.82, 2.24) is 9.97 Å². The quantitative estimate of drug-likeness (QED) is 0.239. The van der Waals surface area contributed by atoms with E-state index in [1.807, 2.05) is 12.3 Å². The van der Waals surface area contributed by atoms with Crippen molar-refractivity contribution in [3.05, 3.63) is 42.4 Å². The first kappa shape index (κ1) is 27.7. The van der Waals surface area contributed by atoms with Gasteiger partial charge in [-0.1, -0.05) is 78.7 Å². The summed E-state index contributed by atoms with van der Waals surface area (Å²) in [6, 6.07) is 8.77. The van der Waals surface area contributed by atoms with Gasteiger partial charge in [-0.15, -0.1) is 0 Å². The van der Waals surface area contributed by atoms with Gasteiger partial charge in [-0.25, -0.2) is 9.97 Å². The molecule has 35 heavy (non-hydrogen) atoms. The number of unbranched alkanes of at least 4 members (excludes halogenated alkanes) is 4. The van der Waals surface area contributed by atoms with Gasteiger partial charge in [0, 0.05) is 11.8 Å². The Morgan fingerprint density at radius 1 is 0.886 bits per heavy atom. The fraction of sp³-hybridized carbons (Fsp3) is 0.688. The van der Waals surface area contributed by atoms with Crippen molar-refractivity contribution in [3.63, 3.8) is 0 Å². The van der Waals surface area contributed by atoms with Gasteiger partial charge in [-0.3, -0.25) is 0 Å². The second kappa shape index (κ2) is 14.6. The first-order valence-electron chi connectivity index (χ1n) is 14.6. The lowest BCUT2D eigenvalue weighted by molar-refractivity contribution is 0.277. The molecule has 1 fully saturated rings. The summed E-state index contributed by atoms with van der Waals surface area (Å²) < 4.78 is 6.22. The molecule has 194 valence electrons. The summed E-state index contributed by atoms with van der Waals surface area (Å²) in [7, 11) is 0. The monoisotopic (exact) mass is 478 g/mol. The van der Waals surface area contributed by atoms with Crippen molar-refractivity contribution in [2.45, 2.75) is 124 Å². The van der Waals surface area contributed by atoms with E-state index in [0.717, 1.165) is 30.4 Å². The Labute approximate surface area is 215 Å². The summed E-state index contributed by atoms with van der Waals surface area (Å²) in [5, 5.41) is 0. The van der Waals surface area contributed by atoms with Crippen LogP contribution in [0, 0.1) is 11.3 Å². The molecule has 0 aliphatic heterocycles. The van der Waals surface area contributed by atoms with Crippen LogP contribution < -0.4 is 4.74 Å². The van der Waals surface area contributed by atoms with Gasteiger partial charge in [0.2, 0.25) is 0 Å². The van der Waals surface area contributed by atoms with Crippen LogP contribution in [0.25, 0.3) is 11.3 Å². The Balaban J connectivity index is 1.51. The standard InChI is InChI=1S/C32H50N2O/c1-5-7-20-32(3,4)21-10-8-9-11-23-35-28-17-18-29(27-15-13-26(12-6-2)14-16-27)30(24-28)31-19-22-33-25-34-31/h17-19,22,24-27H,5-16,20-21,23H2,1-4H3. The average Bonchev–Trinajstić information content (AvgIpc) is 2.88. The minimum absolute atomic E-state index is 0.501. The second-order valence-electron chi connectivity index (χ2n) is 11.6. The molecule has 0 radical (unpaired) electrons. The molecule has 0 N–H and O–H groups in total. The Morgan fingerprint density at radius 3 is 2.37 bits per heavy atom. The summed E-state index contributed by atoms with van der Waals surface area (Å²) >= 11 is 0. The minimum Gasteiger partial charge on any atom is -0.494 e. The highest BCUT2D eigenvalue weighted by molar-refractivity contribution is 5.66. The van der Waals surface area contributed by atoms with Crippen LogP contribution in [-0.4, -0.2) is 16.6 Å². The molecular formula is C32H50N2O. The van der Waals surface area contributed by atoms with E-state index in [0.29, 0.717) is 11.3 Å². The van der Waals surface area contributed by atoms with Gasteiger partial charge in [-0.2, -0.15) is 0 Å². The third-order valence-corrected chi connectivity index (χ3v) is 8.09. The van der Waals surface area contributed by atoms with Crippen LogP contribution in [0.4, 0.5) is 0 Å². The number of benzene rings is 1. The van der Waals surface area contributed by atoms with Gasteiger partial charge in [-0.05, 0) is 86.0 Å². The number of rotatable bonds is 15. The van der Waals surface area contributed by atoms with E-state index in [2.05, 4.69) is 55.9 Å². The van der Waals surface area contributed by atoms with Crippen molar-refractivity contribution in [3.8, 4) is 17.0 Å². The fourth-order valence-electron chi connectivity index (χ4n) is 5.85. The first-order chi connectivity index (χ1) is 17.0. The van der Waals surface area contributed by atoms with Gasteiger partial charge in [0.1, 0.15) is 12.1 Å². The maximum atomic E-state index is 6.22. The Bertz CT molecular complexity index is 840. The summed E-state index contributed by atoms with van der Waals surface area (Å²) in [4.78, 5) is 8.73. The molecule has 0 atom stereocenters. The van der Waals surface area contributed by atoms with Crippen molar-refractivity contribution in [2.24, 2.45) is 11.3 Å². The number of ether oxygens (including phenoxy) is 1. The smallest absolute Gasteiger partial charge is 0.119 e. The topological polar surface area (TPSA) is 35.0 Å². The van der Waals surface area contributed by atoms with Crippen LogP contribution in [0.1, 0.15) is 129 Å². The molecule has 3 heteroatoms. The molecule has 0 unspecified atom stereocenters. The molecule has 2 aromatic rings. The van der Waals surface area contributed by atoms with Gasteiger partial charge in [0.05, 0.1) is 12.3 Å². The van der Waals surface area contributed by atoms with Gasteiger partial charge >= 0.3 is 0 Å². The predicted octanol–water partition coefficient (Wildman–Crippen LogP) is 9.76. The van der Waals surface area contributed by atoms with Crippen LogP contribution in [0.3, 0.4) is 0 Å². The molecule has 1 aliphatic rings. The highest BCUT2D eigenvalue weighted by atomic mass is 16.5. The number of nitrogens with zero attached hydrogens (tertiary/aromatic N) is 2. The van der Waals surface area contributed by atoms with E-state index >= 15 is 0 Å². The third kappa shape index (κ3) is 9.24. The molecule has 0 saturated heterocycles. The van der Waals surface area contributed by atoms with Crippen LogP contribution >= 0.6 is 0 Å². The summed E-state index contributed by atoms with van der Waals surface area (Å²) in [6.07, 6.45) is 21.9. The molecule has 3 nitrogen and oxygen atoms in total. The second-order valence-corrected chi connectivity index (χ2v) is 11.6. The fourth-order valence-corrected chi connectivity index (χ4v) is 5.85. The maximum absolute atomic E-state index is 6.22. The molecule has 1 aliphatic carbocycles. The summed E-state index contributed by atoms with van der Waals surface area (Å²) in [5.74, 6) is 2.52. The van der Waals surface area contributed by atoms with E-state index in [4.69, 9.17) is 4.74 Å². The van der Waals surface area contributed by atoms with Crippen molar-refractivity contribution in [2.75, 3.05) is 6.61 Å². The zero-order valence-corrected chi connectivity index (χ0v) is 23.0. The molecule has 1 aromatic heterocycles. The molecule has 1 aromatic carbocycles. The molecule has 0 spiro atoms. The van der Waals surface area contributed by atoms with Gasteiger partial charge < -0.3 is 4.74 Å². The SMILES string of the molecule is CCCCC(C)(C)CCCCCCOc1ccc(C2CCC(CCC)CC2)c(-c2ccncn2)c1. The number of hydrogen-bond donors (Lipinski definition) is 0. The largest absolute Gasteiger partial charge is 0.494 e. The van der Waals surface area contributed by atoms with Crippen molar-refractivity contribution >= 4 is 0 Å². The number of hydrogen-bond acceptors (Lipinski definition) is 3. The lowest BCUT2D eigenvalue weighted by atomic mass is 9.76. The average molecular weight is 479 g/mol. The zero-order valence-electron chi connectivity index (χ0n) is 23.0. The maximum Gasteiger partial charge on any atom is 0.119 e. The molecule has 0 amide bonds. The van der Waals surface area contributed by atoms with Crippen LogP contribution in [0.5, 0.6) is 5.75 Å². The molecule has 1 saturated carbocycles. The number of aromatic nitrogens is 2. The van der Waals surface area contributed by atoms with Crippen LogP contribution in [0.2, 0.25) is 0 Å². The summed E-state index contributed by atoms with van der Waals surface area (Å²) in [5.41, 5.74) is 4.19. The molecule has 3 rings (SSSR count). The van der Waals surface area contributed by atoms with E-state index < -0.39 is 0 Å². The van der Waals surface area contributed by atoms with Crippen LogP contribution in [-0.2, 0) is 0 Å². The van der Waals surface area contributed by atoms with E-state index in [-0.39, 0.29) is 0 Å². The van der Waals surface area contributed by atoms with E-state index in [9.17, 15) is 0 Å².